The van der Waals surface area contributed by atoms with E-state index in [1.54, 1.807) is 6.92 Å². The van der Waals surface area contributed by atoms with Crippen LogP contribution in [0.25, 0.3) is 0 Å². The predicted molar refractivity (Wildman–Crippen MR) is 93.0 cm³/mol. The Morgan fingerprint density at radius 3 is 2.58 bits per heavy atom. The molecule has 2 aromatic rings. The number of nitrogens with one attached hydrogen (secondary N) is 1. The number of aliphatic hydroxyl groups excluding tert-OH is 1. The lowest BCUT2D eigenvalue weighted by molar-refractivity contribution is 0.267. The lowest BCUT2D eigenvalue weighted by atomic mass is 10.1. The lowest BCUT2D eigenvalue weighted by Gasteiger charge is -2.12. The minimum atomic E-state index is -0.463. The fraction of sp³-hybridized carbons (Fsp3) is 0.316. The molecule has 5 nitrogen and oxygen atoms in total. The zero-order valence-electron chi connectivity index (χ0n) is 14.0. The maximum Gasteiger partial charge on any atom is 0.181 e. The molecule has 2 rings (SSSR count). The van der Waals surface area contributed by atoms with Gasteiger partial charge in [-0.05, 0) is 49.7 Å². The molecule has 0 radical (unpaired) electrons. The van der Waals surface area contributed by atoms with E-state index in [4.69, 9.17) is 14.7 Å². The van der Waals surface area contributed by atoms with Gasteiger partial charge in [0.05, 0.1) is 13.2 Å². The molecule has 0 bridgehead atoms. The third kappa shape index (κ3) is 4.90. The Kier molecular flexibility index (Phi) is 6.47. The van der Waals surface area contributed by atoms with Crippen LogP contribution in [-0.2, 0) is 13.2 Å². The molecule has 0 heterocycles. The molecule has 0 aromatic heterocycles. The average molecular weight is 326 g/mol. The molecule has 0 aliphatic carbocycles. The first kappa shape index (κ1) is 17.6. The topological polar surface area (TPSA) is 74.5 Å². The SMILES string of the molecule is CCOc1ccc(NCc2ccc(OC(C)C#N)cc2)cc1CO. The van der Waals surface area contributed by atoms with Gasteiger partial charge in [0.1, 0.15) is 17.6 Å². The summed E-state index contributed by atoms with van der Waals surface area (Å²) in [4.78, 5) is 0. The van der Waals surface area contributed by atoms with Crippen LogP contribution in [-0.4, -0.2) is 17.8 Å². The third-order valence-corrected chi connectivity index (χ3v) is 3.45. The fourth-order valence-electron chi connectivity index (χ4n) is 2.23. The van der Waals surface area contributed by atoms with E-state index in [0.717, 1.165) is 16.8 Å². The van der Waals surface area contributed by atoms with Crippen LogP contribution in [0.15, 0.2) is 42.5 Å². The Morgan fingerprint density at radius 1 is 1.21 bits per heavy atom. The second-order valence-corrected chi connectivity index (χ2v) is 5.30. The number of ether oxygens (including phenoxy) is 2. The Morgan fingerprint density at radius 2 is 1.96 bits per heavy atom. The first-order chi connectivity index (χ1) is 11.7. The van der Waals surface area contributed by atoms with Gasteiger partial charge in [-0.3, -0.25) is 0 Å². The summed E-state index contributed by atoms with van der Waals surface area (Å²) in [5.41, 5.74) is 2.77. The Bertz CT molecular complexity index is 693. The van der Waals surface area contributed by atoms with E-state index in [9.17, 15) is 5.11 Å². The summed E-state index contributed by atoms with van der Waals surface area (Å²) in [6, 6.07) is 15.3. The largest absolute Gasteiger partial charge is 0.494 e. The van der Waals surface area contributed by atoms with E-state index in [-0.39, 0.29) is 6.61 Å². The van der Waals surface area contributed by atoms with E-state index in [1.165, 1.54) is 0 Å². The van der Waals surface area contributed by atoms with Crippen molar-refractivity contribution < 1.29 is 14.6 Å². The summed E-state index contributed by atoms with van der Waals surface area (Å²) < 4.78 is 10.9. The van der Waals surface area contributed by atoms with Crippen LogP contribution >= 0.6 is 0 Å². The molecule has 1 unspecified atom stereocenters. The van der Waals surface area contributed by atoms with Gasteiger partial charge in [0, 0.05) is 17.8 Å². The molecular formula is C19H22N2O3. The van der Waals surface area contributed by atoms with Gasteiger partial charge in [-0.25, -0.2) is 0 Å². The van der Waals surface area contributed by atoms with E-state index in [1.807, 2.05) is 55.5 Å². The summed E-state index contributed by atoms with van der Waals surface area (Å²) in [5.74, 6) is 1.38. The number of benzene rings is 2. The van der Waals surface area contributed by atoms with Crippen LogP contribution in [0.4, 0.5) is 5.69 Å². The molecule has 2 aromatic carbocycles. The van der Waals surface area contributed by atoms with Gasteiger partial charge in [0.25, 0.3) is 0 Å². The molecule has 0 amide bonds. The van der Waals surface area contributed by atoms with Crippen LogP contribution in [0.5, 0.6) is 11.5 Å². The number of rotatable bonds is 8. The van der Waals surface area contributed by atoms with Gasteiger partial charge in [-0.15, -0.1) is 0 Å². The van der Waals surface area contributed by atoms with Gasteiger partial charge >= 0.3 is 0 Å². The quantitative estimate of drug-likeness (QED) is 0.777. The number of hydrogen-bond acceptors (Lipinski definition) is 5. The summed E-state index contributed by atoms with van der Waals surface area (Å²) >= 11 is 0. The molecule has 24 heavy (non-hydrogen) atoms. The molecule has 0 fully saturated rings. The fourth-order valence-corrected chi connectivity index (χ4v) is 2.23. The van der Waals surface area contributed by atoms with Gasteiger partial charge in [-0.2, -0.15) is 5.26 Å². The number of nitriles is 1. The predicted octanol–water partition coefficient (Wildman–Crippen LogP) is 3.48. The van der Waals surface area contributed by atoms with Crippen LogP contribution in [0.1, 0.15) is 25.0 Å². The Labute approximate surface area is 142 Å². The monoisotopic (exact) mass is 326 g/mol. The highest BCUT2D eigenvalue weighted by Crippen LogP contribution is 2.23. The van der Waals surface area contributed by atoms with Crippen LogP contribution in [0.3, 0.4) is 0 Å². The van der Waals surface area contributed by atoms with Crippen molar-refractivity contribution in [1.82, 2.24) is 0 Å². The molecule has 126 valence electrons. The number of nitrogens with zero attached hydrogens (tertiary/aromatic N) is 1. The van der Waals surface area contributed by atoms with Gasteiger partial charge in [0.2, 0.25) is 0 Å². The second kappa shape index (κ2) is 8.80. The first-order valence-electron chi connectivity index (χ1n) is 7.92. The molecule has 2 N–H and O–H groups in total. The zero-order chi connectivity index (χ0) is 17.4. The average Bonchev–Trinajstić information content (AvgIpc) is 2.62. The van der Waals surface area contributed by atoms with Crippen LogP contribution in [0.2, 0.25) is 0 Å². The minimum absolute atomic E-state index is 0.0615. The normalized spacial score (nSPS) is 11.4. The standard InChI is InChI=1S/C19H22N2O3/c1-3-23-19-9-6-17(10-16(19)13-22)21-12-15-4-7-18(8-5-15)24-14(2)11-20/h4-10,14,21-22H,3,12-13H2,1-2H3. The van der Waals surface area contributed by atoms with Crippen LogP contribution in [0, 0.1) is 11.3 Å². The van der Waals surface area contributed by atoms with Gasteiger partial charge in [-0.1, -0.05) is 12.1 Å². The molecule has 0 saturated heterocycles. The lowest BCUT2D eigenvalue weighted by Crippen LogP contribution is -2.08. The first-order valence-corrected chi connectivity index (χ1v) is 7.92. The summed E-state index contributed by atoms with van der Waals surface area (Å²) in [6.07, 6.45) is -0.463. The van der Waals surface area contributed by atoms with E-state index in [2.05, 4.69) is 5.32 Å². The van der Waals surface area contributed by atoms with Crippen molar-refractivity contribution in [3.05, 3.63) is 53.6 Å². The van der Waals surface area contributed by atoms with Crippen molar-refractivity contribution in [3.8, 4) is 17.6 Å². The molecule has 1 atom stereocenters. The Balaban J connectivity index is 1.97. The summed E-state index contributed by atoms with van der Waals surface area (Å²) in [5, 5.41) is 21.5. The smallest absolute Gasteiger partial charge is 0.181 e. The van der Waals surface area contributed by atoms with E-state index in [0.29, 0.717) is 24.7 Å². The Hall–Kier alpha value is -2.71. The molecule has 0 spiro atoms. The van der Waals surface area contributed by atoms with Crippen molar-refractivity contribution in [2.45, 2.75) is 33.1 Å². The number of aliphatic hydroxyl groups is 1. The van der Waals surface area contributed by atoms with Gasteiger partial charge < -0.3 is 19.9 Å². The highest BCUT2D eigenvalue weighted by molar-refractivity contribution is 5.51. The summed E-state index contributed by atoms with van der Waals surface area (Å²) in [7, 11) is 0. The zero-order valence-corrected chi connectivity index (χ0v) is 14.0. The maximum absolute atomic E-state index is 9.43. The third-order valence-electron chi connectivity index (χ3n) is 3.45. The molecule has 5 heteroatoms. The highest BCUT2D eigenvalue weighted by Gasteiger charge is 2.05. The molecule has 0 aliphatic heterocycles. The van der Waals surface area contributed by atoms with Crippen LogP contribution < -0.4 is 14.8 Å². The van der Waals surface area contributed by atoms with Crippen molar-refractivity contribution in [2.75, 3.05) is 11.9 Å². The maximum atomic E-state index is 9.43. The molecular weight excluding hydrogens is 304 g/mol. The summed E-state index contributed by atoms with van der Waals surface area (Å²) in [6.45, 7) is 4.78. The van der Waals surface area contributed by atoms with E-state index >= 15 is 0 Å². The number of anilines is 1. The van der Waals surface area contributed by atoms with Crippen molar-refractivity contribution in [2.24, 2.45) is 0 Å². The van der Waals surface area contributed by atoms with Crippen molar-refractivity contribution in [3.63, 3.8) is 0 Å². The van der Waals surface area contributed by atoms with Crippen molar-refractivity contribution in [1.29, 1.82) is 5.26 Å². The van der Waals surface area contributed by atoms with Gasteiger partial charge in [0.15, 0.2) is 6.10 Å². The number of hydrogen-bond donors (Lipinski definition) is 2. The second-order valence-electron chi connectivity index (χ2n) is 5.30. The highest BCUT2D eigenvalue weighted by atomic mass is 16.5. The minimum Gasteiger partial charge on any atom is -0.494 e. The van der Waals surface area contributed by atoms with Crippen molar-refractivity contribution >= 4 is 5.69 Å². The molecule has 0 saturated carbocycles. The van der Waals surface area contributed by atoms with E-state index < -0.39 is 6.10 Å². The molecule has 0 aliphatic rings.